The average Bonchev–Trinajstić information content (AvgIpc) is 2.61. The van der Waals surface area contributed by atoms with E-state index < -0.39 is 0 Å². The predicted molar refractivity (Wildman–Crippen MR) is 87.6 cm³/mol. The van der Waals surface area contributed by atoms with Crippen molar-refractivity contribution in [3.63, 3.8) is 0 Å². The minimum atomic E-state index is 0.128. The van der Waals surface area contributed by atoms with Gasteiger partial charge in [0.1, 0.15) is 0 Å². The zero-order chi connectivity index (χ0) is 15.5. The second kappa shape index (κ2) is 6.48. The molecule has 1 aliphatic heterocycles. The Kier molecular flexibility index (Phi) is 4.88. The second-order valence-electron chi connectivity index (χ2n) is 6.81. The predicted octanol–water partition coefficient (Wildman–Crippen LogP) is 2.21. The Bertz CT molecular complexity index is 505. The van der Waals surface area contributed by atoms with Gasteiger partial charge < -0.3 is 15.5 Å². The molecule has 0 radical (unpaired) electrons. The van der Waals surface area contributed by atoms with E-state index in [0.29, 0.717) is 6.42 Å². The first-order valence-electron chi connectivity index (χ1n) is 7.71. The van der Waals surface area contributed by atoms with Crippen LogP contribution in [-0.2, 0) is 11.3 Å². The van der Waals surface area contributed by atoms with Gasteiger partial charge in [0, 0.05) is 43.8 Å². The third kappa shape index (κ3) is 4.74. The number of hydrogen-bond acceptors (Lipinski definition) is 3. The lowest BCUT2D eigenvalue weighted by molar-refractivity contribution is -0.120. The summed E-state index contributed by atoms with van der Waals surface area (Å²) < 4.78 is 0. The lowest BCUT2D eigenvalue weighted by Gasteiger charge is -2.25. The summed E-state index contributed by atoms with van der Waals surface area (Å²) in [6, 6.07) is 6.61. The van der Waals surface area contributed by atoms with Crippen LogP contribution in [0.2, 0.25) is 0 Å². The fourth-order valence-electron chi connectivity index (χ4n) is 2.56. The van der Waals surface area contributed by atoms with Gasteiger partial charge in [-0.05, 0) is 44.9 Å². The zero-order valence-electron chi connectivity index (χ0n) is 13.6. The van der Waals surface area contributed by atoms with E-state index in [-0.39, 0.29) is 11.4 Å². The molecule has 1 heterocycles. The molecule has 21 heavy (non-hydrogen) atoms. The summed E-state index contributed by atoms with van der Waals surface area (Å²) in [7, 11) is 0. The van der Waals surface area contributed by atoms with Crippen LogP contribution < -0.4 is 15.5 Å². The first-order valence-corrected chi connectivity index (χ1v) is 7.71. The van der Waals surface area contributed by atoms with Crippen molar-refractivity contribution in [1.82, 2.24) is 10.6 Å². The van der Waals surface area contributed by atoms with E-state index in [0.717, 1.165) is 26.2 Å². The summed E-state index contributed by atoms with van der Waals surface area (Å²) in [5.41, 5.74) is 3.95. The number of nitrogens with zero attached hydrogens (tertiary/aromatic N) is 1. The van der Waals surface area contributed by atoms with Gasteiger partial charge in [-0.2, -0.15) is 0 Å². The Hall–Kier alpha value is -1.55. The third-order valence-corrected chi connectivity index (χ3v) is 3.74. The molecule has 0 aliphatic carbocycles. The van der Waals surface area contributed by atoms with Crippen LogP contribution in [0.3, 0.4) is 0 Å². The number of amides is 1. The van der Waals surface area contributed by atoms with Gasteiger partial charge in [-0.3, -0.25) is 4.79 Å². The van der Waals surface area contributed by atoms with E-state index in [1.807, 2.05) is 0 Å². The molecule has 1 aliphatic rings. The van der Waals surface area contributed by atoms with Crippen molar-refractivity contribution in [2.24, 2.45) is 0 Å². The lowest BCUT2D eigenvalue weighted by atomic mass is 10.1. The maximum atomic E-state index is 11.4. The average molecular weight is 289 g/mol. The molecule has 4 heteroatoms. The maximum absolute atomic E-state index is 11.4. The SMILES string of the molecule is Cc1cc(CNC(C)(C)C)ccc1N1CCNC(=O)CC1. The number of carbonyl (C=O) groups is 1. The number of benzene rings is 1. The fraction of sp³-hybridized carbons (Fsp3) is 0.588. The monoisotopic (exact) mass is 289 g/mol. The molecule has 0 spiro atoms. The van der Waals surface area contributed by atoms with Gasteiger partial charge >= 0.3 is 0 Å². The van der Waals surface area contributed by atoms with Crippen molar-refractivity contribution in [2.75, 3.05) is 24.5 Å². The van der Waals surface area contributed by atoms with Crippen LogP contribution >= 0.6 is 0 Å². The highest BCUT2D eigenvalue weighted by molar-refractivity contribution is 5.77. The van der Waals surface area contributed by atoms with E-state index in [4.69, 9.17) is 0 Å². The van der Waals surface area contributed by atoms with Gasteiger partial charge in [-0.25, -0.2) is 0 Å². The van der Waals surface area contributed by atoms with E-state index in [1.54, 1.807) is 0 Å². The van der Waals surface area contributed by atoms with Gasteiger partial charge in [0.25, 0.3) is 0 Å². The van der Waals surface area contributed by atoms with Crippen LogP contribution in [0.5, 0.6) is 0 Å². The van der Waals surface area contributed by atoms with Crippen molar-refractivity contribution in [1.29, 1.82) is 0 Å². The standard InChI is InChI=1S/C17H27N3O/c1-13-11-14(12-19-17(2,3)4)5-6-15(13)20-9-7-16(21)18-8-10-20/h5-6,11,19H,7-10,12H2,1-4H3,(H,18,21). The van der Waals surface area contributed by atoms with Crippen molar-refractivity contribution >= 4 is 11.6 Å². The second-order valence-corrected chi connectivity index (χ2v) is 6.81. The molecule has 1 fully saturated rings. The minimum absolute atomic E-state index is 0.128. The summed E-state index contributed by atoms with van der Waals surface area (Å²) in [5.74, 6) is 0.154. The van der Waals surface area contributed by atoms with Crippen LogP contribution in [0.25, 0.3) is 0 Å². The van der Waals surface area contributed by atoms with Crippen LogP contribution in [0.1, 0.15) is 38.3 Å². The number of hydrogen-bond donors (Lipinski definition) is 2. The van der Waals surface area contributed by atoms with Crippen molar-refractivity contribution in [2.45, 2.75) is 46.2 Å². The number of aryl methyl sites for hydroxylation is 1. The molecule has 4 nitrogen and oxygen atoms in total. The van der Waals surface area contributed by atoms with E-state index in [1.165, 1.54) is 16.8 Å². The van der Waals surface area contributed by atoms with Gasteiger partial charge in [-0.1, -0.05) is 12.1 Å². The highest BCUT2D eigenvalue weighted by Crippen LogP contribution is 2.22. The molecule has 0 bridgehead atoms. The van der Waals surface area contributed by atoms with Crippen molar-refractivity contribution in [3.05, 3.63) is 29.3 Å². The topological polar surface area (TPSA) is 44.4 Å². The fourth-order valence-corrected chi connectivity index (χ4v) is 2.56. The van der Waals surface area contributed by atoms with Gasteiger partial charge in [0.15, 0.2) is 0 Å². The first kappa shape index (κ1) is 15.8. The van der Waals surface area contributed by atoms with E-state index in [2.05, 4.69) is 61.4 Å². The van der Waals surface area contributed by atoms with Crippen molar-refractivity contribution < 1.29 is 4.79 Å². The molecule has 1 amide bonds. The molecular formula is C17H27N3O. The summed E-state index contributed by atoms with van der Waals surface area (Å²) in [6.07, 6.45) is 0.576. The molecule has 2 N–H and O–H groups in total. The Morgan fingerprint density at radius 3 is 2.71 bits per heavy atom. The molecule has 0 saturated carbocycles. The normalized spacial score (nSPS) is 16.6. The first-order chi connectivity index (χ1) is 9.85. The highest BCUT2D eigenvalue weighted by atomic mass is 16.1. The van der Waals surface area contributed by atoms with Gasteiger partial charge in [0.05, 0.1) is 0 Å². The van der Waals surface area contributed by atoms with E-state index in [9.17, 15) is 4.79 Å². The summed E-state index contributed by atoms with van der Waals surface area (Å²) in [6.45, 7) is 12.0. The smallest absolute Gasteiger partial charge is 0.221 e. The molecule has 1 saturated heterocycles. The minimum Gasteiger partial charge on any atom is -0.369 e. The highest BCUT2D eigenvalue weighted by Gasteiger charge is 2.15. The number of nitrogens with one attached hydrogen (secondary N) is 2. The summed E-state index contributed by atoms with van der Waals surface area (Å²) in [4.78, 5) is 13.7. The molecule has 0 unspecified atom stereocenters. The Morgan fingerprint density at radius 1 is 1.29 bits per heavy atom. The van der Waals surface area contributed by atoms with E-state index >= 15 is 0 Å². The Labute approximate surface area is 127 Å². The van der Waals surface area contributed by atoms with Crippen LogP contribution in [0.4, 0.5) is 5.69 Å². The molecular weight excluding hydrogens is 262 g/mol. The quantitative estimate of drug-likeness (QED) is 0.896. The Morgan fingerprint density at radius 2 is 2.05 bits per heavy atom. The summed E-state index contributed by atoms with van der Waals surface area (Å²) in [5, 5.41) is 6.43. The molecule has 1 aromatic carbocycles. The Balaban J connectivity index is 2.06. The zero-order valence-corrected chi connectivity index (χ0v) is 13.6. The van der Waals surface area contributed by atoms with Crippen LogP contribution in [-0.4, -0.2) is 31.1 Å². The van der Waals surface area contributed by atoms with Crippen LogP contribution in [0.15, 0.2) is 18.2 Å². The van der Waals surface area contributed by atoms with Crippen LogP contribution in [0, 0.1) is 6.92 Å². The third-order valence-electron chi connectivity index (χ3n) is 3.74. The largest absolute Gasteiger partial charge is 0.369 e. The molecule has 2 rings (SSSR count). The molecule has 1 aromatic rings. The maximum Gasteiger partial charge on any atom is 0.221 e. The molecule has 0 aromatic heterocycles. The number of carbonyl (C=O) groups excluding carboxylic acids is 1. The van der Waals surface area contributed by atoms with Crippen molar-refractivity contribution in [3.8, 4) is 0 Å². The van der Waals surface area contributed by atoms with Gasteiger partial charge in [-0.15, -0.1) is 0 Å². The molecule has 116 valence electrons. The molecule has 0 atom stereocenters. The lowest BCUT2D eigenvalue weighted by Crippen LogP contribution is -2.35. The van der Waals surface area contributed by atoms with Gasteiger partial charge in [0.2, 0.25) is 5.91 Å². The number of rotatable bonds is 3. The number of anilines is 1. The summed E-state index contributed by atoms with van der Waals surface area (Å²) >= 11 is 0.